The number of esters is 1. The Balaban J connectivity index is 1.85. The van der Waals surface area contributed by atoms with Crippen LogP contribution in [0.15, 0.2) is 29.1 Å². The molecule has 1 amide bonds. The van der Waals surface area contributed by atoms with Gasteiger partial charge in [0, 0.05) is 35.5 Å². The van der Waals surface area contributed by atoms with Gasteiger partial charge < -0.3 is 24.8 Å². The van der Waals surface area contributed by atoms with Crippen LogP contribution in [-0.4, -0.2) is 35.5 Å². The highest BCUT2D eigenvalue weighted by Gasteiger charge is 2.38. The van der Waals surface area contributed by atoms with Crippen LogP contribution in [0, 0.1) is 29.2 Å². The van der Waals surface area contributed by atoms with E-state index in [2.05, 4.69) is 15.3 Å². The average molecular weight is 531 g/mol. The molecule has 1 aliphatic rings. The van der Waals surface area contributed by atoms with E-state index in [-0.39, 0.29) is 50.8 Å². The molecule has 2 atom stereocenters. The van der Waals surface area contributed by atoms with Gasteiger partial charge in [-0.15, -0.1) is 0 Å². The van der Waals surface area contributed by atoms with E-state index in [4.69, 9.17) is 9.47 Å². The molecule has 198 valence electrons. The van der Waals surface area contributed by atoms with E-state index in [1.165, 1.54) is 7.05 Å². The second-order valence-electron chi connectivity index (χ2n) is 9.21. The highest BCUT2D eigenvalue weighted by molar-refractivity contribution is 6.02. The first-order valence-corrected chi connectivity index (χ1v) is 11.6. The van der Waals surface area contributed by atoms with Gasteiger partial charge in [0.2, 0.25) is 6.29 Å². The molecule has 2 aromatic heterocycles. The van der Waals surface area contributed by atoms with Crippen LogP contribution < -0.4 is 10.9 Å². The number of H-pyrrole nitrogens is 2. The van der Waals surface area contributed by atoms with Crippen LogP contribution in [0.1, 0.15) is 53.4 Å². The van der Waals surface area contributed by atoms with Crippen molar-refractivity contribution in [3.63, 3.8) is 0 Å². The minimum atomic E-state index is -1.41. The normalized spacial score (nSPS) is 17.2. The standard InChI is InChI=1S/C26H21F4N3O5/c1-9(2)25(36)38-26-22-19(10-4-14(27)15(28)5-11(10)23(34)33-22)13(8-37-26)20-12-6-16(29)17(30)7-18(12)32-21(20)24(35)31-3/h4-7,9,13,26,32H,8H2,1-3H3,(H,31,35)(H,33,34)/t13-,26+/m0/s1. The predicted molar refractivity (Wildman–Crippen MR) is 128 cm³/mol. The lowest BCUT2D eigenvalue weighted by Crippen LogP contribution is -2.31. The third-order valence-electron chi connectivity index (χ3n) is 6.51. The highest BCUT2D eigenvalue weighted by atomic mass is 19.2. The van der Waals surface area contributed by atoms with Crippen molar-refractivity contribution in [2.75, 3.05) is 13.7 Å². The van der Waals surface area contributed by atoms with Crippen molar-refractivity contribution in [3.05, 3.63) is 80.4 Å². The minimum Gasteiger partial charge on any atom is -0.429 e. The summed E-state index contributed by atoms with van der Waals surface area (Å²) in [5, 5.41) is 2.34. The van der Waals surface area contributed by atoms with E-state index < -0.39 is 58.8 Å². The molecule has 5 rings (SSSR count). The molecule has 0 saturated heterocycles. The number of aromatic amines is 2. The molecule has 0 saturated carbocycles. The fourth-order valence-corrected chi connectivity index (χ4v) is 4.71. The van der Waals surface area contributed by atoms with Gasteiger partial charge >= 0.3 is 5.97 Å². The molecule has 0 unspecified atom stereocenters. The number of ether oxygens (including phenoxy) is 2. The number of nitrogens with one attached hydrogen (secondary N) is 3. The van der Waals surface area contributed by atoms with Gasteiger partial charge in [-0.2, -0.15) is 0 Å². The molecule has 8 nitrogen and oxygen atoms in total. The Morgan fingerprint density at radius 3 is 2.18 bits per heavy atom. The van der Waals surface area contributed by atoms with E-state index in [1.54, 1.807) is 13.8 Å². The topological polar surface area (TPSA) is 113 Å². The molecule has 2 aromatic carbocycles. The number of amides is 1. The maximum atomic E-state index is 14.5. The first-order valence-electron chi connectivity index (χ1n) is 11.6. The summed E-state index contributed by atoms with van der Waals surface area (Å²) in [7, 11) is 1.36. The Morgan fingerprint density at radius 1 is 0.947 bits per heavy atom. The largest absolute Gasteiger partial charge is 0.429 e. The second-order valence-corrected chi connectivity index (χ2v) is 9.21. The van der Waals surface area contributed by atoms with Crippen LogP contribution in [0.25, 0.3) is 21.7 Å². The van der Waals surface area contributed by atoms with Crippen molar-refractivity contribution in [1.82, 2.24) is 15.3 Å². The Kier molecular flexibility index (Phi) is 6.22. The maximum absolute atomic E-state index is 14.5. The van der Waals surface area contributed by atoms with E-state index >= 15 is 0 Å². The first kappa shape index (κ1) is 25.5. The van der Waals surface area contributed by atoms with Gasteiger partial charge in [-0.1, -0.05) is 13.8 Å². The molecule has 0 spiro atoms. The summed E-state index contributed by atoms with van der Waals surface area (Å²) in [6, 6.07) is 3.35. The second kappa shape index (κ2) is 9.28. The maximum Gasteiger partial charge on any atom is 0.310 e. The van der Waals surface area contributed by atoms with Gasteiger partial charge in [0.05, 0.1) is 23.6 Å². The Hall–Kier alpha value is -4.19. The van der Waals surface area contributed by atoms with Crippen LogP contribution >= 0.6 is 0 Å². The van der Waals surface area contributed by atoms with Gasteiger partial charge in [0.1, 0.15) is 5.69 Å². The van der Waals surface area contributed by atoms with Crippen molar-refractivity contribution in [1.29, 1.82) is 0 Å². The number of fused-ring (bicyclic) bond motifs is 4. The number of hydrogen-bond acceptors (Lipinski definition) is 5. The van der Waals surface area contributed by atoms with Crippen molar-refractivity contribution in [2.45, 2.75) is 26.1 Å². The van der Waals surface area contributed by atoms with E-state index in [1.807, 2.05) is 0 Å². The number of pyridine rings is 1. The van der Waals surface area contributed by atoms with E-state index in [9.17, 15) is 31.9 Å². The molecular formula is C26H21F4N3O5. The van der Waals surface area contributed by atoms with Gasteiger partial charge in [-0.25, -0.2) is 17.6 Å². The quantitative estimate of drug-likeness (QED) is 0.269. The zero-order chi connectivity index (χ0) is 27.5. The lowest BCUT2D eigenvalue weighted by Gasteiger charge is -2.32. The summed E-state index contributed by atoms with van der Waals surface area (Å²) in [5.41, 5.74) is -0.497. The van der Waals surface area contributed by atoms with Gasteiger partial charge in [0.25, 0.3) is 11.5 Å². The summed E-state index contributed by atoms with van der Waals surface area (Å²) >= 11 is 0. The molecular weight excluding hydrogens is 510 g/mol. The molecule has 3 heterocycles. The summed E-state index contributed by atoms with van der Waals surface area (Å²) in [6.45, 7) is 2.90. The van der Waals surface area contributed by atoms with Gasteiger partial charge in [-0.05, 0) is 29.1 Å². The van der Waals surface area contributed by atoms with E-state index in [0.717, 1.165) is 24.3 Å². The lowest BCUT2D eigenvalue weighted by molar-refractivity contribution is -0.189. The molecule has 0 fully saturated rings. The van der Waals surface area contributed by atoms with Crippen LogP contribution in [0.5, 0.6) is 0 Å². The van der Waals surface area contributed by atoms with Crippen molar-refractivity contribution >= 4 is 33.6 Å². The third-order valence-corrected chi connectivity index (χ3v) is 6.51. The first-order chi connectivity index (χ1) is 18.0. The third kappa shape index (κ3) is 4.01. The van der Waals surface area contributed by atoms with Crippen molar-refractivity contribution < 1.29 is 36.6 Å². The van der Waals surface area contributed by atoms with Crippen LogP contribution in [0.2, 0.25) is 0 Å². The fourth-order valence-electron chi connectivity index (χ4n) is 4.71. The predicted octanol–water partition coefficient (Wildman–Crippen LogP) is 4.29. The summed E-state index contributed by atoms with van der Waals surface area (Å²) in [6.07, 6.45) is -1.41. The zero-order valence-electron chi connectivity index (χ0n) is 20.3. The van der Waals surface area contributed by atoms with Gasteiger partial charge in [0.15, 0.2) is 23.3 Å². The molecule has 38 heavy (non-hydrogen) atoms. The van der Waals surface area contributed by atoms with E-state index in [0.29, 0.717) is 0 Å². The summed E-state index contributed by atoms with van der Waals surface area (Å²) in [4.78, 5) is 43.4. The minimum absolute atomic E-state index is 0.0265. The van der Waals surface area contributed by atoms with Crippen LogP contribution in [-0.2, 0) is 14.3 Å². The average Bonchev–Trinajstić information content (AvgIpc) is 3.23. The molecule has 0 radical (unpaired) electrons. The Morgan fingerprint density at radius 2 is 1.55 bits per heavy atom. The molecule has 1 aliphatic heterocycles. The van der Waals surface area contributed by atoms with Crippen molar-refractivity contribution in [3.8, 4) is 0 Å². The molecule has 12 heteroatoms. The highest BCUT2D eigenvalue weighted by Crippen LogP contribution is 2.44. The SMILES string of the molecule is CNC(=O)c1[nH]c2cc(F)c(F)cc2c1[C@H]1CO[C@H](OC(=O)C(C)C)c2[nH]c(=O)c3cc(F)c(F)cc3c21. The fraction of sp³-hybridized carbons (Fsp3) is 0.269. The molecule has 4 aromatic rings. The van der Waals surface area contributed by atoms with Crippen LogP contribution in [0.3, 0.4) is 0 Å². The Labute approximate surface area is 211 Å². The van der Waals surface area contributed by atoms with Gasteiger partial charge in [-0.3, -0.25) is 14.4 Å². The number of carbonyl (C=O) groups is 2. The van der Waals surface area contributed by atoms with Crippen LogP contribution in [0.4, 0.5) is 17.6 Å². The molecule has 3 N–H and O–H groups in total. The smallest absolute Gasteiger partial charge is 0.310 e. The lowest BCUT2D eigenvalue weighted by atomic mass is 9.84. The number of hydrogen-bond donors (Lipinski definition) is 3. The summed E-state index contributed by atoms with van der Waals surface area (Å²) in [5.74, 6) is -7.66. The number of rotatable bonds is 4. The number of benzene rings is 2. The zero-order valence-corrected chi connectivity index (χ0v) is 20.3. The molecule has 0 bridgehead atoms. The number of aromatic nitrogens is 2. The molecule has 0 aliphatic carbocycles. The summed E-state index contributed by atoms with van der Waals surface area (Å²) < 4.78 is 68.2. The van der Waals surface area contributed by atoms with Crippen molar-refractivity contribution in [2.24, 2.45) is 5.92 Å². The number of carbonyl (C=O) groups excluding carboxylic acids is 2. The monoisotopic (exact) mass is 531 g/mol. The number of halogens is 4. The Bertz CT molecular complexity index is 1690.